The Balaban J connectivity index is 2.54. The molecule has 0 amide bonds. The van der Waals surface area contributed by atoms with Crippen LogP contribution in [-0.4, -0.2) is 17.6 Å². The molecule has 0 aliphatic heterocycles. The van der Waals surface area contributed by atoms with Gasteiger partial charge < -0.3 is 9.15 Å². The number of hydrogen-bond donors (Lipinski definition) is 0. The van der Waals surface area contributed by atoms with Crippen LogP contribution in [0.1, 0.15) is 43.1 Å². The van der Waals surface area contributed by atoms with E-state index in [1.165, 1.54) is 6.20 Å². The van der Waals surface area contributed by atoms with E-state index in [1.54, 1.807) is 6.92 Å². The second-order valence-corrected chi connectivity index (χ2v) is 2.94. The minimum Gasteiger partial charge on any atom is -0.460 e. The van der Waals surface area contributed by atoms with Crippen LogP contribution in [0.3, 0.4) is 0 Å². The molecule has 0 unspecified atom stereocenters. The zero-order valence-corrected chi connectivity index (χ0v) is 8.58. The largest absolute Gasteiger partial charge is 0.460 e. The van der Waals surface area contributed by atoms with Crippen molar-refractivity contribution in [3.63, 3.8) is 0 Å². The highest BCUT2D eigenvalue weighted by molar-refractivity contribution is 5.85. The van der Waals surface area contributed by atoms with Gasteiger partial charge in [-0.3, -0.25) is 0 Å². The van der Waals surface area contributed by atoms with Crippen LogP contribution >= 0.6 is 0 Å². The van der Waals surface area contributed by atoms with Gasteiger partial charge in [0.05, 0.1) is 12.8 Å². The monoisotopic (exact) mass is 197 g/mol. The number of carbonyl (C=O) groups is 1. The minimum atomic E-state index is -0.442. The molecule has 14 heavy (non-hydrogen) atoms. The average Bonchev–Trinajstić information content (AvgIpc) is 2.63. The van der Waals surface area contributed by atoms with E-state index in [-0.39, 0.29) is 5.76 Å². The van der Waals surface area contributed by atoms with Crippen molar-refractivity contribution in [2.45, 2.75) is 33.1 Å². The molecular weight excluding hydrogens is 182 g/mol. The molecule has 1 aromatic heterocycles. The number of unbranched alkanes of at least 4 members (excludes halogenated alkanes) is 1. The third-order valence-corrected chi connectivity index (χ3v) is 1.77. The summed E-state index contributed by atoms with van der Waals surface area (Å²) in [5, 5.41) is 0. The molecule has 0 N–H and O–H groups in total. The predicted molar refractivity (Wildman–Crippen MR) is 51.1 cm³/mol. The molecule has 0 saturated heterocycles. The van der Waals surface area contributed by atoms with Gasteiger partial charge in [-0.1, -0.05) is 13.3 Å². The molecule has 1 aromatic rings. The Morgan fingerprint density at radius 1 is 1.57 bits per heavy atom. The highest BCUT2D eigenvalue weighted by Gasteiger charge is 2.12. The second kappa shape index (κ2) is 5.42. The summed E-state index contributed by atoms with van der Waals surface area (Å²) >= 11 is 0. The Hall–Kier alpha value is -1.32. The third-order valence-electron chi connectivity index (χ3n) is 1.77. The normalized spacial score (nSPS) is 10.1. The fourth-order valence-corrected chi connectivity index (χ4v) is 1.05. The van der Waals surface area contributed by atoms with E-state index < -0.39 is 5.97 Å². The number of carbonyl (C=O) groups excluding carboxylic acids is 1. The number of aromatic nitrogens is 1. The summed E-state index contributed by atoms with van der Waals surface area (Å²) in [6, 6.07) is 0. The SMILES string of the molecule is CCCCc1ncc(C(=O)OCC)o1. The van der Waals surface area contributed by atoms with Crippen molar-refractivity contribution in [2.75, 3.05) is 6.61 Å². The summed E-state index contributed by atoms with van der Waals surface area (Å²) in [7, 11) is 0. The summed E-state index contributed by atoms with van der Waals surface area (Å²) in [6.45, 7) is 4.20. The molecule has 0 saturated carbocycles. The van der Waals surface area contributed by atoms with Gasteiger partial charge in [-0.15, -0.1) is 0 Å². The van der Waals surface area contributed by atoms with Crippen molar-refractivity contribution >= 4 is 5.97 Å². The van der Waals surface area contributed by atoms with Crippen LogP contribution in [0.4, 0.5) is 0 Å². The second-order valence-electron chi connectivity index (χ2n) is 2.94. The molecule has 0 spiro atoms. The van der Waals surface area contributed by atoms with Crippen LogP contribution in [0.15, 0.2) is 10.6 Å². The lowest BCUT2D eigenvalue weighted by molar-refractivity contribution is 0.0488. The van der Waals surface area contributed by atoms with Gasteiger partial charge >= 0.3 is 5.97 Å². The van der Waals surface area contributed by atoms with Crippen LogP contribution < -0.4 is 0 Å². The van der Waals surface area contributed by atoms with Gasteiger partial charge in [0.15, 0.2) is 5.89 Å². The van der Waals surface area contributed by atoms with Gasteiger partial charge in [0, 0.05) is 6.42 Å². The summed E-state index contributed by atoms with van der Waals surface area (Å²) in [5.41, 5.74) is 0. The highest BCUT2D eigenvalue weighted by Crippen LogP contribution is 2.08. The zero-order chi connectivity index (χ0) is 10.4. The van der Waals surface area contributed by atoms with E-state index in [4.69, 9.17) is 9.15 Å². The number of ether oxygens (including phenoxy) is 1. The molecular formula is C10H15NO3. The lowest BCUT2D eigenvalue weighted by atomic mass is 10.2. The van der Waals surface area contributed by atoms with E-state index in [2.05, 4.69) is 11.9 Å². The average molecular weight is 197 g/mol. The molecule has 78 valence electrons. The summed E-state index contributed by atoms with van der Waals surface area (Å²) in [5.74, 6) is 0.357. The molecule has 0 aliphatic rings. The van der Waals surface area contributed by atoms with Crippen molar-refractivity contribution in [1.29, 1.82) is 0 Å². The van der Waals surface area contributed by atoms with Crippen molar-refractivity contribution in [3.8, 4) is 0 Å². The standard InChI is InChI=1S/C10H15NO3/c1-3-5-6-9-11-7-8(14-9)10(12)13-4-2/h7H,3-6H2,1-2H3. The van der Waals surface area contributed by atoms with Crippen LogP contribution in [0.5, 0.6) is 0 Å². The van der Waals surface area contributed by atoms with Crippen LogP contribution in [0, 0.1) is 0 Å². The van der Waals surface area contributed by atoms with Crippen LogP contribution in [0.2, 0.25) is 0 Å². The molecule has 0 aromatic carbocycles. The first-order valence-corrected chi connectivity index (χ1v) is 4.89. The van der Waals surface area contributed by atoms with Gasteiger partial charge in [-0.05, 0) is 13.3 Å². The van der Waals surface area contributed by atoms with Crippen LogP contribution in [0.25, 0.3) is 0 Å². The van der Waals surface area contributed by atoms with Crippen molar-refractivity contribution < 1.29 is 13.9 Å². The third kappa shape index (κ3) is 2.87. The van der Waals surface area contributed by atoms with Gasteiger partial charge in [0.25, 0.3) is 0 Å². The Morgan fingerprint density at radius 3 is 3.00 bits per heavy atom. The first-order chi connectivity index (χ1) is 6.77. The fraction of sp³-hybridized carbons (Fsp3) is 0.600. The quantitative estimate of drug-likeness (QED) is 0.679. The zero-order valence-electron chi connectivity index (χ0n) is 8.58. The number of nitrogens with zero attached hydrogens (tertiary/aromatic N) is 1. The van der Waals surface area contributed by atoms with E-state index >= 15 is 0 Å². The number of rotatable bonds is 5. The number of oxazole rings is 1. The number of aryl methyl sites for hydroxylation is 1. The lowest BCUT2D eigenvalue weighted by Gasteiger charge is -1.96. The molecule has 0 atom stereocenters. The molecule has 0 fully saturated rings. The van der Waals surface area contributed by atoms with Crippen LogP contribution in [-0.2, 0) is 11.2 Å². The van der Waals surface area contributed by atoms with Gasteiger partial charge in [0.1, 0.15) is 0 Å². The lowest BCUT2D eigenvalue weighted by Crippen LogP contribution is -2.02. The highest BCUT2D eigenvalue weighted by atomic mass is 16.5. The summed E-state index contributed by atoms with van der Waals surface area (Å²) in [4.78, 5) is 15.2. The predicted octanol–water partition coefficient (Wildman–Crippen LogP) is 2.19. The molecule has 1 rings (SSSR count). The van der Waals surface area contributed by atoms with E-state index in [0.717, 1.165) is 19.3 Å². The molecule has 4 heteroatoms. The van der Waals surface area contributed by atoms with Crippen molar-refractivity contribution in [3.05, 3.63) is 17.8 Å². The molecule has 1 heterocycles. The Morgan fingerprint density at radius 2 is 2.36 bits per heavy atom. The van der Waals surface area contributed by atoms with Gasteiger partial charge in [-0.2, -0.15) is 0 Å². The number of esters is 1. The van der Waals surface area contributed by atoms with Crippen molar-refractivity contribution in [1.82, 2.24) is 4.98 Å². The topological polar surface area (TPSA) is 52.3 Å². The molecule has 0 bridgehead atoms. The Bertz CT molecular complexity index is 293. The van der Waals surface area contributed by atoms with E-state index in [0.29, 0.717) is 12.5 Å². The van der Waals surface area contributed by atoms with E-state index in [1.807, 2.05) is 0 Å². The summed E-state index contributed by atoms with van der Waals surface area (Å²) in [6.07, 6.45) is 4.29. The smallest absolute Gasteiger partial charge is 0.375 e. The first kappa shape index (κ1) is 10.8. The molecule has 0 aliphatic carbocycles. The Kier molecular flexibility index (Phi) is 4.16. The molecule has 0 radical (unpaired) electrons. The summed E-state index contributed by atoms with van der Waals surface area (Å²) < 4.78 is 9.99. The molecule has 4 nitrogen and oxygen atoms in total. The number of hydrogen-bond acceptors (Lipinski definition) is 4. The fourth-order valence-electron chi connectivity index (χ4n) is 1.05. The van der Waals surface area contributed by atoms with Crippen molar-refractivity contribution in [2.24, 2.45) is 0 Å². The van der Waals surface area contributed by atoms with Gasteiger partial charge in [-0.25, -0.2) is 9.78 Å². The Labute approximate surface area is 83.3 Å². The minimum absolute atomic E-state index is 0.193. The maximum atomic E-state index is 11.2. The first-order valence-electron chi connectivity index (χ1n) is 4.89. The van der Waals surface area contributed by atoms with E-state index in [9.17, 15) is 4.79 Å². The maximum absolute atomic E-state index is 11.2. The van der Waals surface area contributed by atoms with Gasteiger partial charge in [0.2, 0.25) is 5.76 Å². The maximum Gasteiger partial charge on any atom is 0.375 e.